The summed E-state index contributed by atoms with van der Waals surface area (Å²) in [4.78, 5) is 45.9. The second-order valence-corrected chi connectivity index (χ2v) is 10.9. The first-order valence-electron chi connectivity index (χ1n) is 13.6. The lowest BCUT2D eigenvalue weighted by atomic mass is 9.95. The Kier molecular flexibility index (Phi) is 11.9. The van der Waals surface area contributed by atoms with Crippen molar-refractivity contribution in [3.63, 3.8) is 0 Å². The Morgan fingerprint density at radius 3 is 2.57 bits per heavy atom. The molecule has 1 aliphatic rings. The van der Waals surface area contributed by atoms with E-state index < -0.39 is 11.8 Å². The number of hydrogen-bond acceptors (Lipinski definition) is 10. The number of carbonyl (C=O) groups excluding carboxylic acids is 3. The summed E-state index contributed by atoms with van der Waals surface area (Å²) >= 11 is 7.49. The average Bonchev–Trinajstić information content (AvgIpc) is 3.30. The Morgan fingerprint density at radius 2 is 1.95 bits per heavy atom. The third kappa shape index (κ3) is 7.88. The zero-order valence-corrected chi connectivity index (χ0v) is 25.9. The Hall–Kier alpha value is -3.92. The quantitative estimate of drug-likeness (QED) is 0.119. The van der Waals surface area contributed by atoms with Crippen LogP contribution in [0.15, 0.2) is 45.1 Å². The number of methoxy groups -OCH3 is 1. The molecule has 2 aromatic rings. The highest BCUT2D eigenvalue weighted by atomic mass is 35.5. The summed E-state index contributed by atoms with van der Waals surface area (Å²) in [5.41, 5.74) is 2.26. The smallest absolute Gasteiger partial charge is 0.271 e. The number of azo groups is 1. The molecule has 0 unspecified atom stereocenters. The van der Waals surface area contributed by atoms with Crippen molar-refractivity contribution in [1.82, 2.24) is 9.88 Å². The van der Waals surface area contributed by atoms with Crippen molar-refractivity contribution in [1.29, 1.82) is 5.26 Å². The number of benzene rings is 1. The largest absolute Gasteiger partial charge is 0.385 e. The number of rotatable bonds is 13. The minimum absolute atomic E-state index is 0.0931. The van der Waals surface area contributed by atoms with E-state index in [0.717, 1.165) is 47.9 Å². The molecule has 2 heterocycles. The van der Waals surface area contributed by atoms with Crippen LogP contribution in [-0.4, -0.2) is 61.0 Å². The predicted octanol–water partition coefficient (Wildman–Crippen LogP) is 6.43. The zero-order chi connectivity index (χ0) is 30.8. The number of imide groups is 1. The van der Waals surface area contributed by atoms with Gasteiger partial charge in [-0.15, -0.1) is 10.2 Å². The molecule has 222 valence electrons. The van der Waals surface area contributed by atoms with Gasteiger partial charge in [-0.3, -0.25) is 19.3 Å². The van der Waals surface area contributed by atoms with Gasteiger partial charge in [0, 0.05) is 51.5 Å². The second-order valence-electron chi connectivity index (χ2n) is 9.50. The molecule has 0 fully saturated rings. The van der Waals surface area contributed by atoms with E-state index in [0.29, 0.717) is 29.3 Å². The van der Waals surface area contributed by atoms with E-state index >= 15 is 0 Å². The van der Waals surface area contributed by atoms with Crippen LogP contribution in [0.1, 0.15) is 51.8 Å². The van der Waals surface area contributed by atoms with E-state index in [2.05, 4.69) is 39.3 Å². The molecule has 0 saturated carbocycles. The number of thiazole rings is 1. The molecule has 0 radical (unpaired) electrons. The summed E-state index contributed by atoms with van der Waals surface area (Å²) in [6, 6.07) is 7.51. The lowest BCUT2D eigenvalue weighted by Gasteiger charge is -2.27. The maximum Gasteiger partial charge on any atom is 0.271 e. The van der Waals surface area contributed by atoms with E-state index in [9.17, 15) is 19.6 Å². The number of carbonyl (C=O) groups is 3. The number of ether oxygens (including phenoxy) is 1. The van der Waals surface area contributed by atoms with Crippen LogP contribution in [0.25, 0.3) is 6.08 Å². The van der Waals surface area contributed by atoms with Crippen molar-refractivity contribution in [2.45, 2.75) is 47.0 Å². The van der Waals surface area contributed by atoms with E-state index in [1.807, 2.05) is 18.2 Å². The molecule has 0 aliphatic carbocycles. The van der Waals surface area contributed by atoms with Gasteiger partial charge in [0.05, 0.1) is 10.6 Å². The van der Waals surface area contributed by atoms with Crippen LogP contribution in [0, 0.1) is 11.3 Å². The maximum absolute atomic E-state index is 13.2. The third-order valence-corrected chi connectivity index (χ3v) is 7.60. The van der Waals surface area contributed by atoms with Gasteiger partial charge in [0.25, 0.3) is 11.8 Å². The number of amides is 3. The fourth-order valence-electron chi connectivity index (χ4n) is 4.37. The van der Waals surface area contributed by atoms with Crippen molar-refractivity contribution in [2.75, 3.05) is 43.6 Å². The predicted molar refractivity (Wildman–Crippen MR) is 164 cm³/mol. The number of nitriles is 1. The Bertz CT molecular complexity index is 1470. The molecule has 0 saturated heterocycles. The fourth-order valence-corrected chi connectivity index (χ4v) is 5.39. The van der Waals surface area contributed by atoms with Crippen LogP contribution in [0.2, 0.25) is 5.15 Å². The van der Waals surface area contributed by atoms with Gasteiger partial charge in [-0.05, 0) is 56.0 Å². The summed E-state index contributed by atoms with van der Waals surface area (Å²) < 4.78 is 5.03. The van der Waals surface area contributed by atoms with Crippen LogP contribution in [0.5, 0.6) is 0 Å². The highest BCUT2D eigenvalue weighted by molar-refractivity contribution is 7.16. The minimum Gasteiger partial charge on any atom is -0.385 e. The molecular weight excluding hydrogens is 578 g/mol. The van der Waals surface area contributed by atoms with Gasteiger partial charge in [-0.25, -0.2) is 4.98 Å². The van der Waals surface area contributed by atoms with Gasteiger partial charge in [-0.2, -0.15) is 5.26 Å². The number of halogens is 1. The van der Waals surface area contributed by atoms with E-state index in [-0.39, 0.29) is 39.5 Å². The Morgan fingerprint density at radius 1 is 1.24 bits per heavy atom. The summed E-state index contributed by atoms with van der Waals surface area (Å²) in [6.07, 6.45) is 3.92. The van der Waals surface area contributed by atoms with Crippen molar-refractivity contribution in [3.8, 4) is 6.07 Å². The Balaban J connectivity index is 1.94. The standard InChI is InChI=1S/C29H34ClN7O4S/c1-6-11-36(12-7-2)20-9-10-23(24(15-20)32-19(4)38)34-35-29-33-26(30)25(42-29)16-21-18(3)22(17-31)28(40)37(27(21)39)13-8-14-41-5/h9-10,15-16H,6-8,11-14H2,1-5H3,(H,32,38)/b21-16-,35-34?. The Labute approximate surface area is 254 Å². The number of aromatic nitrogens is 1. The van der Waals surface area contributed by atoms with E-state index in [4.69, 9.17) is 16.3 Å². The van der Waals surface area contributed by atoms with Gasteiger partial charge < -0.3 is 15.0 Å². The molecule has 1 aromatic heterocycles. The summed E-state index contributed by atoms with van der Waals surface area (Å²) in [5.74, 6) is -1.40. The van der Waals surface area contributed by atoms with Gasteiger partial charge >= 0.3 is 0 Å². The normalized spacial score (nSPS) is 14.7. The summed E-state index contributed by atoms with van der Waals surface area (Å²) in [7, 11) is 1.53. The van der Waals surface area contributed by atoms with Crippen LogP contribution in [0.4, 0.5) is 22.2 Å². The van der Waals surface area contributed by atoms with Gasteiger partial charge in [0.2, 0.25) is 11.0 Å². The molecule has 3 rings (SSSR count). The van der Waals surface area contributed by atoms with Crippen LogP contribution in [0.3, 0.4) is 0 Å². The maximum atomic E-state index is 13.2. The highest BCUT2D eigenvalue weighted by Gasteiger charge is 2.35. The SMILES string of the molecule is CCCN(CCC)c1ccc(N=Nc2nc(Cl)c(/C=C3\C(=O)N(CCCOC)C(=O)C(C#N)=C3C)s2)c(NC(C)=O)c1. The molecule has 1 aliphatic heterocycles. The second kappa shape index (κ2) is 15.3. The highest BCUT2D eigenvalue weighted by Crippen LogP contribution is 2.36. The van der Waals surface area contributed by atoms with Crippen LogP contribution in [-0.2, 0) is 19.1 Å². The van der Waals surface area contributed by atoms with Crippen LogP contribution < -0.4 is 10.2 Å². The number of hydrogen-bond donors (Lipinski definition) is 1. The molecule has 42 heavy (non-hydrogen) atoms. The first kappa shape index (κ1) is 32.6. The monoisotopic (exact) mass is 611 g/mol. The molecule has 0 bridgehead atoms. The number of anilines is 2. The molecule has 1 N–H and O–H groups in total. The minimum atomic E-state index is -0.633. The van der Waals surface area contributed by atoms with E-state index in [1.54, 1.807) is 13.0 Å². The van der Waals surface area contributed by atoms with Crippen molar-refractivity contribution >= 4 is 68.9 Å². The third-order valence-electron chi connectivity index (χ3n) is 6.32. The first-order valence-corrected chi connectivity index (χ1v) is 14.8. The van der Waals surface area contributed by atoms with Crippen molar-refractivity contribution in [2.24, 2.45) is 10.2 Å². The fraction of sp³-hybridized carbons (Fsp3) is 0.414. The van der Waals surface area contributed by atoms with E-state index in [1.165, 1.54) is 20.1 Å². The summed E-state index contributed by atoms with van der Waals surface area (Å²) in [6.45, 7) is 9.46. The summed E-state index contributed by atoms with van der Waals surface area (Å²) in [5, 5.41) is 21.3. The van der Waals surface area contributed by atoms with Gasteiger partial charge in [0.15, 0.2) is 0 Å². The number of nitrogens with one attached hydrogen (secondary N) is 1. The van der Waals surface area contributed by atoms with Crippen molar-refractivity contribution in [3.05, 3.63) is 44.9 Å². The van der Waals surface area contributed by atoms with Crippen molar-refractivity contribution < 1.29 is 19.1 Å². The van der Waals surface area contributed by atoms with Gasteiger partial charge in [0.1, 0.15) is 22.5 Å². The molecule has 0 atom stereocenters. The molecular formula is C29H34ClN7O4S. The first-order chi connectivity index (χ1) is 20.1. The zero-order valence-electron chi connectivity index (χ0n) is 24.4. The van der Waals surface area contributed by atoms with Gasteiger partial charge in [-0.1, -0.05) is 36.8 Å². The van der Waals surface area contributed by atoms with Crippen LogP contribution >= 0.6 is 22.9 Å². The average molecular weight is 612 g/mol. The molecule has 11 nitrogen and oxygen atoms in total. The molecule has 0 spiro atoms. The topological polar surface area (TPSA) is 140 Å². The molecule has 1 aromatic carbocycles. The lowest BCUT2D eigenvalue weighted by molar-refractivity contribution is -0.140. The number of nitrogens with zero attached hydrogens (tertiary/aromatic N) is 6. The molecule has 13 heteroatoms. The lowest BCUT2D eigenvalue weighted by Crippen LogP contribution is -2.43. The molecule has 3 amide bonds.